The summed E-state index contributed by atoms with van der Waals surface area (Å²) < 4.78 is 1.87. The molecule has 0 aliphatic carbocycles. The van der Waals surface area contributed by atoms with Crippen LogP contribution in [0.3, 0.4) is 0 Å². The molecule has 0 spiro atoms. The monoisotopic (exact) mass is 399 g/mol. The Hall–Kier alpha value is -3.36. The zero-order chi connectivity index (χ0) is 21.4. The van der Waals surface area contributed by atoms with Gasteiger partial charge in [-0.2, -0.15) is 5.10 Å². The number of primary amides is 1. The Labute approximate surface area is 170 Å². The van der Waals surface area contributed by atoms with Crippen molar-refractivity contribution in [3.05, 3.63) is 52.3 Å². The van der Waals surface area contributed by atoms with E-state index in [9.17, 15) is 9.59 Å². The Balaban J connectivity index is 1.98. The molecule has 0 aliphatic heterocycles. The van der Waals surface area contributed by atoms with Crippen LogP contribution in [-0.4, -0.2) is 40.6 Å². The number of nitrogens with one attached hydrogen (secondary N) is 3. The van der Waals surface area contributed by atoms with Gasteiger partial charge in [0.15, 0.2) is 5.96 Å². The SMILES string of the molecule is CCNC(=NCc1ccc(C(=O)NCC(N)=O)cc1)NCc1c(C)nn(C)c1C. The van der Waals surface area contributed by atoms with Gasteiger partial charge < -0.3 is 21.7 Å². The molecule has 2 aromatic rings. The first kappa shape index (κ1) is 21.9. The molecule has 1 aromatic heterocycles. The molecule has 0 radical (unpaired) electrons. The summed E-state index contributed by atoms with van der Waals surface area (Å²) in [4.78, 5) is 27.3. The number of aromatic nitrogens is 2. The van der Waals surface area contributed by atoms with Crippen molar-refractivity contribution in [1.82, 2.24) is 25.7 Å². The van der Waals surface area contributed by atoms with Crippen LogP contribution in [0, 0.1) is 13.8 Å². The van der Waals surface area contributed by atoms with Crippen molar-refractivity contribution in [2.24, 2.45) is 17.8 Å². The molecule has 0 aliphatic rings. The number of aliphatic imine (C=N–C) groups is 1. The fourth-order valence-electron chi connectivity index (χ4n) is 2.79. The molecule has 0 fully saturated rings. The second-order valence-electron chi connectivity index (χ2n) is 6.67. The maximum Gasteiger partial charge on any atom is 0.251 e. The molecule has 9 heteroatoms. The number of rotatable bonds is 8. The summed E-state index contributed by atoms with van der Waals surface area (Å²) in [6, 6.07) is 7.07. The number of amides is 2. The van der Waals surface area contributed by atoms with Crippen molar-refractivity contribution in [2.45, 2.75) is 33.9 Å². The van der Waals surface area contributed by atoms with Crippen LogP contribution in [0.25, 0.3) is 0 Å². The van der Waals surface area contributed by atoms with Crippen LogP contribution >= 0.6 is 0 Å². The topological polar surface area (TPSA) is 126 Å². The van der Waals surface area contributed by atoms with Crippen molar-refractivity contribution in [3.8, 4) is 0 Å². The van der Waals surface area contributed by atoms with Crippen LogP contribution in [0.5, 0.6) is 0 Å². The van der Waals surface area contributed by atoms with Gasteiger partial charge in [-0.15, -0.1) is 0 Å². The lowest BCUT2D eigenvalue weighted by molar-refractivity contribution is -0.117. The molecule has 5 N–H and O–H groups in total. The molecule has 1 heterocycles. The number of carbonyl (C=O) groups excluding carboxylic acids is 2. The number of hydrogen-bond donors (Lipinski definition) is 4. The zero-order valence-electron chi connectivity index (χ0n) is 17.4. The largest absolute Gasteiger partial charge is 0.368 e. The lowest BCUT2D eigenvalue weighted by Crippen LogP contribution is -2.37. The van der Waals surface area contributed by atoms with Crippen molar-refractivity contribution in [2.75, 3.05) is 13.1 Å². The van der Waals surface area contributed by atoms with E-state index in [0.29, 0.717) is 24.6 Å². The minimum atomic E-state index is -0.579. The fourth-order valence-corrected chi connectivity index (χ4v) is 2.79. The van der Waals surface area contributed by atoms with Crippen LogP contribution in [-0.2, 0) is 24.9 Å². The van der Waals surface area contributed by atoms with E-state index in [0.717, 1.165) is 29.1 Å². The van der Waals surface area contributed by atoms with Crippen molar-refractivity contribution in [1.29, 1.82) is 0 Å². The van der Waals surface area contributed by atoms with Crippen molar-refractivity contribution >= 4 is 17.8 Å². The van der Waals surface area contributed by atoms with Gasteiger partial charge in [0.2, 0.25) is 5.91 Å². The van der Waals surface area contributed by atoms with Gasteiger partial charge >= 0.3 is 0 Å². The van der Waals surface area contributed by atoms with Gasteiger partial charge in [-0.1, -0.05) is 12.1 Å². The number of carbonyl (C=O) groups is 2. The number of nitrogens with two attached hydrogens (primary N) is 1. The number of benzene rings is 1. The Morgan fingerprint density at radius 1 is 1.14 bits per heavy atom. The normalized spacial score (nSPS) is 11.2. The van der Waals surface area contributed by atoms with E-state index >= 15 is 0 Å². The highest BCUT2D eigenvalue weighted by atomic mass is 16.2. The molecule has 2 amide bonds. The summed E-state index contributed by atoms with van der Waals surface area (Å²) in [6.07, 6.45) is 0. The average Bonchev–Trinajstić information content (AvgIpc) is 2.94. The Morgan fingerprint density at radius 2 is 1.83 bits per heavy atom. The van der Waals surface area contributed by atoms with E-state index < -0.39 is 5.91 Å². The van der Waals surface area contributed by atoms with Crippen LogP contribution in [0.1, 0.15) is 39.8 Å². The Kier molecular flexibility index (Phi) is 7.76. The summed E-state index contributed by atoms with van der Waals surface area (Å²) in [5, 5.41) is 13.5. The highest BCUT2D eigenvalue weighted by Gasteiger charge is 2.10. The molecule has 0 unspecified atom stereocenters. The standard InChI is InChI=1S/C20H29N7O2/c1-5-22-20(25-11-17-13(2)26-27(4)14(17)3)24-10-15-6-8-16(9-7-15)19(29)23-12-18(21)28/h6-9H,5,10-12H2,1-4H3,(H2,21,28)(H,23,29)(H2,22,24,25). The minimum absolute atomic E-state index is 0.182. The van der Waals surface area contributed by atoms with Gasteiger partial charge in [-0.3, -0.25) is 14.3 Å². The molecule has 156 valence electrons. The highest BCUT2D eigenvalue weighted by molar-refractivity contribution is 5.96. The Morgan fingerprint density at radius 3 is 2.38 bits per heavy atom. The Bertz CT molecular complexity index is 885. The molecule has 2 rings (SSSR count). The third-order valence-electron chi connectivity index (χ3n) is 4.49. The van der Waals surface area contributed by atoms with Gasteiger partial charge in [0.1, 0.15) is 0 Å². The van der Waals surface area contributed by atoms with Gasteiger partial charge in [0, 0.05) is 37.0 Å². The van der Waals surface area contributed by atoms with E-state index in [4.69, 9.17) is 5.73 Å². The maximum atomic E-state index is 11.9. The van der Waals surface area contributed by atoms with E-state index in [1.807, 2.05) is 44.6 Å². The third-order valence-corrected chi connectivity index (χ3v) is 4.49. The summed E-state index contributed by atoms with van der Waals surface area (Å²) in [7, 11) is 1.93. The highest BCUT2D eigenvalue weighted by Crippen LogP contribution is 2.11. The molecular weight excluding hydrogens is 370 g/mol. The molecule has 0 saturated heterocycles. The quantitative estimate of drug-likeness (QED) is 0.380. The number of guanidine groups is 1. The van der Waals surface area contributed by atoms with Crippen LogP contribution in [0.15, 0.2) is 29.3 Å². The summed E-state index contributed by atoms with van der Waals surface area (Å²) in [5.74, 6) is -0.209. The summed E-state index contributed by atoms with van der Waals surface area (Å²) >= 11 is 0. The molecule has 29 heavy (non-hydrogen) atoms. The maximum absolute atomic E-state index is 11.9. The molecule has 0 bridgehead atoms. The molecular formula is C20H29N7O2. The first-order valence-electron chi connectivity index (χ1n) is 9.48. The number of hydrogen-bond acceptors (Lipinski definition) is 4. The van der Waals surface area contributed by atoms with Gasteiger partial charge in [0.25, 0.3) is 5.91 Å². The van der Waals surface area contributed by atoms with E-state index in [1.165, 1.54) is 0 Å². The number of nitrogens with zero attached hydrogens (tertiary/aromatic N) is 3. The smallest absolute Gasteiger partial charge is 0.251 e. The van der Waals surface area contributed by atoms with Crippen LogP contribution < -0.4 is 21.7 Å². The lowest BCUT2D eigenvalue weighted by atomic mass is 10.1. The fraction of sp³-hybridized carbons (Fsp3) is 0.400. The lowest BCUT2D eigenvalue weighted by Gasteiger charge is -2.12. The third kappa shape index (κ3) is 6.34. The predicted octanol–water partition coefficient (Wildman–Crippen LogP) is 0.507. The predicted molar refractivity (Wildman–Crippen MR) is 112 cm³/mol. The van der Waals surface area contributed by atoms with Gasteiger partial charge in [-0.25, -0.2) is 4.99 Å². The van der Waals surface area contributed by atoms with Crippen molar-refractivity contribution in [3.63, 3.8) is 0 Å². The number of aryl methyl sites for hydroxylation is 2. The van der Waals surface area contributed by atoms with Gasteiger partial charge in [-0.05, 0) is 38.5 Å². The zero-order valence-corrected chi connectivity index (χ0v) is 17.4. The van der Waals surface area contributed by atoms with E-state index in [1.54, 1.807) is 12.1 Å². The van der Waals surface area contributed by atoms with E-state index in [-0.39, 0.29) is 12.5 Å². The second-order valence-corrected chi connectivity index (χ2v) is 6.67. The van der Waals surface area contributed by atoms with Crippen LogP contribution in [0.2, 0.25) is 0 Å². The van der Waals surface area contributed by atoms with E-state index in [2.05, 4.69) is 26.0 Å². The summed E-state index contributed by atoms with van der Waals surface area (Å²) in [6.45, 7) is 7.71. The van der Waals surface area contributed by atoms with Gasteiger partial charge in [0.05, 0.1) is 18.8 Å². The minimum Gasteiger partial charge on any atom is -0.368 e. The molecule has 0 atom stereocenters. The molecule has 9 nitrogen and oxygen atoms in total. The second kappa shape index (κ2) is 10.3. The molecule has 1 aromatic carbocycles. The first-order chi connectivity index (χ1) is 13.8. The van der Waals surface area contributed by atoms with Crippen LogP contribution in [0.4, 0.5) is 0 Å². The molecule has 0 saturated carbocycles. The van der Waals surface area contributed by atoms with Crippen molar-refractivity contribution < 1.29 is 9.59 Å². The average molecular weight is 399 g/mol. The first-order valence-corrected chi connectivity index (χ1v) is 9.48. The summed E-state index contributed by atoms with van der Waals surface area (Å²) in [5.41, 5.74) is 9.73.